The Morgan fingerprint density at radius 1 is 1.42 bits per heavy atom. The molecule has 0 saturated heterocycles. The number of fused-ring (bicyclic) bond motifs is 1. The van der Waals surface area contributed by atoms with Gasteiger partial charge in [-0.25, -0.2) is 4.98 Å². The molecular weight excluding hydrogens is 238 g/mol. The van der Waals surface area contributed by atoms with Crippen LogP contribution in [0.4, 0.5) is 5.69 Å². The van der Waals surface area contributed by atoms with Gasteiger partial charge in [0.1, 0.15) is 11.9 Å². The molecule has 2 aromatic rings. The van der Waals surface area contributed by atoms with Gasteiger partial charge in [-0.15, -0.1) is 0 Å². The third-order valence-electron chi connectivity index (χ3n) is 4.15. The predicted molar refractivity (Wildman–Crippen MR) is 76.8 cm³/mol. The lowest BCUT2D eigenvalue weighted by molar-refractivity contribution is 0.181. The molecule has 4 nitrogen and oxygen atoms in total. The maximum atomic E-state index is 9.99. The van der Waals surface area contributed by atoms with Crippen molar-refractivity contribution in [2.75, 3.05) is 5.73 Å². The number of aromatic nitrogens is 2. The Balaban J connectivity index is 2.16. The normalized spacial score (nSPS) is 25.0. The smallest absolute Gasteiger partial charge is 0.138 e. The van der Waals surface area contributed by atoms with Gasteiger partial charge in [0.25, 0.3) is 0 Å². The topological polar surface area (TPSA) is 64.1 Å². The van der Waals surface area contributed by atoms with E-state index in [0.717, 1.165) is 35.6 Å². The van der Waals surface area contributed by atoms with Crippen molar-refractivity contribution in [2.45, 2.75) is 45.3 Å². The number of benzene rings is 1. The summed E-state index contributed by atoms with van der Waals surface area (Å²) >= 11 is 0. The van der Waals surface area contributed by atoms with Crippen LogP contribution >= 0.6 is 0 Å². The zero-order valence-electron chi connectivity index (χ0n) is 11.5. The number of anilines is 1. The first kappa shape index (κ1) is 12.5. The molecule has 1 heterocycles. The first-order chi connectivity index (χ1) is 9.06. The highest BCUT2D eigenvalue weighted by Gasteiger charge is 2.27. The van der Waals surface area contributed by atoms with Crippen LogP contribution in [-0.4, -0.2) is 14.7 Å². The quantitative estimate of drug-likeness (QED) is 0.815. The summed E-state index contributed by atoms with van der Waals surface area (Å²) in [5.41, 5.74) is 8.51. The number of imidazole rings is 1. The van der Waals surface area contributed by atoms with Gasteiger partial charge < -0.3 is 15.4 Å². The standard InChI is InChI=1S/C15H21N3O/c1-9-3-5-12(7-9)18-14-6-4-11(16)8-13(14)17-15(18)10(2)19/h4,6,8-10,12,19H,3,5,7,16H2,1-2H3. The molecule has 3 unspecified atom stereocenters. The van der Waals surface area contributed by atoms with Gasteiger partial charge in [0, 0.05) is 11.7 Å². The number of nitrogen functional groups attached to an aromatic ring is 1. The molecule has 1 fully saturated rings. The van der Waals surface area contributed by atoms with Gasteiger partial charge in [-0.2, -0.15) is 0 Å². The molecule has 1 aromatic heterocycles. The largest absolute Gasteiger partial charge is 0.399 e. The van der Waals surface area contributed by atoms with E-state index >= 15 is 0 Å². The van der Waals surface area contributed by atoms with Crippen LogP contribution in [0.1, 0.15) is 51.1 Å². The molecular formula is C15H21N3O. The average Bonchev–Trinajstić information content (AvgIpc) is 2.91. The molecule has 0 amide bonds. The van der Waals surface area contributed by atoms with Gasteiger partial charge in [0.05, 0.1) is 11.0 Å². The van der Waals surface area contributed by atoms with E-state index in [2.05, 4.69) is 16.5 Å². The van der Waals surface area contributed by atoms with Crippen LogP contribution in [0, 0.1) is 5.92 Å². The summed E-state index contributed by atoms with van der Waals surface area (Å²) in [5.74, 6) is 1.51. The van der Waals surface area contributed by atoms with E-state index in [0.29, 0.717) is 11.7 Å². The molecule has 1 aliphatic rings. The van der Waals surface area contributed by atoms with Crippen LogP contribution in [0.25, 0.3) is 11.0 Å². The Kier molecular flexibility index (Phi) is 2.97. The highest BCUT2D eigenvalue weighted by atomic mass is 16.3. The molecule has 1 aliphatic carbocycles. The average molecular weight is 259 g/mol. The van der Waals surface area contributed by atoms with Crippen molar-refractivity contribution < 1.29 is 5.11 Å². The number of hydrogen-bond acceptors (Lipinski definition) is 3. The summed E-state index contributed by atoms with van der Waals surface area (Å²) in [6.45, 7) is 4.07. The van der Waals surface area contributed by atoms with Crippen molar-refractivity contribution in [3.05, 3.63) is 24.0 Å². The second-order valence-electron chi connectivity index (χ2n) is 5.84. The van der Waals surface area contributed by atoms with Gasteiger partial charge in [-0.1, -0.05) is 6.92 Å². The fourth-order valence-electron chi connectivity index (χ4n) is 3.22. The molecule has 3 N–H and O–H groups in total. The number of aliphatic hydroxyl groups is 1. The van der Waals surface area contributed by atoms with Crippen molar-refractivity contribution >= 4 is 16.7 Å². The Hall–Kier alpha value is -1.55. The molecule has 1 aromatic carbocycles. The molecule has 19 heavy (non-hydrogen) atoms. The Morgan fingerprint density at radius 3 is 2.84 bits per heavy atom. The van der Waals surface area contributed by atoms with Gasteiger partial charge in [-0.05, 0) is 50.3 Å². The molecule has 0 spiro atoms. The summed E-state index contributed by atoms with van der Waals surface area (Å²) in [5, 5.41) is 9.99. The number of hydrogen-bond donors (Lipinski definition) is 2. The third-order valence-corrected chi connectivity index (χ3v) is 4.15. The SMILES string of the molecule is CC1CCC(n2c(C(C)O)nc3cc(N)ccc32)C1. The van der Waals surface area contributed by atoms with E-state index in [1.807, 2.05) is 18.2 Å². The molecule has 4 heteroatoms. The lowest BCUT2D eigenvalue weighted by Crippen LogP contribution is -2.11. The maximum absolute atomic E-state index is 9.99. The number of rotatable bonds is 2. The van der Waals surface area contributed by atoms with Crippen LogP contribution in [-0.2, 0) is 0 Å². The zero-order valence-corrected chi connectivity index (χ0v) is 11.5. The lowest BCUT2D eigenvalue weighted by Gasteiger charge is -2.18. The summed E-state index contributed by atoms with van der Waals surface area (Å²) in [6, 6.07) is 6.26. The first-order valence-electron chi connectivity index (χ1n) is 7.01. The molecule has 3 rings (SSSR count). The van der Waals surface area contributed by atoms with Gasteiger partial charge in [0.2, 0.25) is 0 Å². The Morgan fingerprint density at radius 2 is 2.21 bits per heavy atom. The maximum Gasteiger partial charge on any atom is 0.138 e. The van der Waals surface area contributed by atoms with Crippen LogP contribution < -0.4 is 5.73 Å². The van der Waals surface area contributed by atoms with Crippen molar-refractivity contribution in [3.63, 3.8) is 0 Å². The number of aliphatic hydroxyl groups excluding tert-OH is 1. The Labute approximate surface area is 113 Å². The number of nitrogens with zero attached hydrogens (tertiary/aromatic N) is 2. The van der Waals surface area contributed by atoms with E-state index in [1.165, 1.54) is 6.42 Å². The molecule has 0 bridgehead atoms. The Bertz CT molecular complexity index is 603. The first-order valence-corrected chi connectivity index (χ1v) is 7.01. The van der Waals surface area contributed by atoms with Crippen LogP contribution in [0.2, 0.25) is 0 Å². The summed E-state index contributed by atoms with van der Waals surface area (Å²) in [6.07, 6.45) is 3.02. The fourth-order valence-corrected chi connectivity index (χ4v) is 3.22. The monoisotopic (exact) mass is 259 g/mol. The fraction of sp³-hybridized carbons (Fsp3) is 0.533. The van der Waals surface area contributed by atoms with Crippen LogP contribution in [0.3, 0.4) is 0 Å². The highest BCUT2D eigenvalue weighted by Crippen LogP contribution is 2.38. The van der Waals surface area contributed by atoms with Crippen LogP contribution in [0.15, 0.2) is 18.2 Å². The van der Waals surface area contributed by atoms with E-state index in [1.54, 1.807) is 6.92 Å². The van der Waals surface area contributed by atoms with E-state index in [4.69, 9.17) is 5.73 Å². The number of nitrogens with two attached hydrogens (primary N) is 1. The minimum atomic E-state index is -0.551. The van der Waals surface area contributed by atoms with Gasteiger partial charge >= 0.3 is 0 Å². The minimum Gasteiger partial charge on any atom is -0.399 e. The second kappa shape index (κ2) is 4.53. The van der Waals surface area contributed by atoms with Crippen molar-refractivity contribution in [3.8, 4) is 0 Å². The highest BCUT2D eigenvalue weighted by molar-refractivity contribution is 5.80. The summed E-state index contributed by atoms with van der Waals surface area (Å²) in [7, 11) is 0. The molecule has 102 valence electrons. The minimum absolute atomic E-state index is 0.452. The predicted octanol–water partition coefficient (Wildman–Crippen LogP) is 3.03. The molecule has 0 aliphatic heterocycles. The van der Waals surface area contributed by atoms with E-state index in [9.17, 15) is 5.11 Å². The summed E-state index contributed by atoms with van der Waals surface area (Å²) < 4.78 is 2.23. The molecule has 0 radical (unpaired) electrons. The zero-order chi connectivity index (χ0) is 13.6. The van der Waals surface area contributed by atoms with Gasteiger partial charge in [-0.3, -0.25) is 0 Å². The molecule has 1 saturated carbocycles. The second-order valence-corrected chi connectivity index (χ2v) is 5.84. The summed E-state index contributed by atoms with van der Waals surface area (Å²) in [4.78, 5) is 4.58. The van der Waals surface area contributed by atoms with Crippen molar-refractivity contribution in [2.24, 2.45) is 5.92 Å². The van der Waals surface area contributed by atoms with E-state index < -0.39 is 6.10 Å². The van der Waals surface area contributed by atoms with Crippen molar-refractivity contribution in [1.29, 1.82) is 0 Å². The van der Waals surface area contributed by atoms with Gasteiger partial charge in [0.15, 0.2) is 0 Å². The lowest BCUT2D eigenvalue weighted by atomic mass is 10.1. The van der Waals surface area contributed by atoms with E-state index in [-0.39, 0.29) is 0 Å². The molecule has 3 atom stereocenters. The third kappa shape index (κ3) is 2.10. The van der Waals surface area contributed by atoms with Crippen LogP contribution in [0.5, 0.6) is 0 Å². The van der Waals surface area contributed by atoms with Crippen molar-refractivity contribution in [1.82, 2.24) is 9.55 Å².